The van der Waals surface area contributed by atoms with Crippen molar-refractivity contribution in [2.24, 2.45) is 5.41 Å². The average molecular weight is 370 g/mol. The van der Waals surface area contributed by atoms with Gasteiger partial charge in [0.05, 0.1) is 11.9 Å². The molecule has 8 heteroatoms. The zero-order chi connectivity index (χ0) is 18.7. The van der Waals surface area contributed by atoms with E-state index in [0.717, 1.165) is 32.5 Å². The molecule has 2 rings (SSSR count). The molecule has 0 bridgehead atoms. The van der Waals surface area contributed by atoms with Crippen LogP contribution in [-0.4, -0.2) is 69.8 Å². The van der Waals surface area contributed by atoms with Crippen LogP contribution in [-0.2, 0) is 9.84 Å². The Labute approximate surface area is 151 Å². The molecule has 1 aliphatic heterocycles. The molecule has 1 fully saturated rings. The Balaban J connectivity index is 2.23. The van der Waals surface area contributed by atoms with Crippen LogP contribution in [0.15, 0.2) is 11.1 Å². The summed E-state index contributed by atoms with van der Waals surface area (Å²) in [6, 6.07) is 0. The third-order valence-corrected chi connectivity index (χ3v) is 5.45. The second-order valence-corrected chi connectivity index (χ2v) is 10.00. The van der Waals surface area contributed by atoms with Crippen molar-refractivity contribution in [3.63, 3.8) is 0 Å². The Kier molecular flexibility index (Phi) is 6.40. The van der Waals surface area contributed by atoms with E-state index >= 15 is 0 Å². The molecule has 0 saturated carbocycles. The van der Waals surface area contributed by atoms with Gasteiger partial charge in [-0.2, -0.15) is 0 Å². The summed E-state index contributed by atoms with van der Waals surface area (Å²) >= 11 is 0. The third kappa shape index (κ3) is 5.90. The van der Waals surface area contributed by atoms with Gasteiger partial charge in [0.25, 0.3) is 0 Å². The lowest BCUT2D eigenvalue weighted by Gasteiger charge is -2.29. The fourth-order valence-electron chi connectivity index (χ4n) is 3.36. The van der Waals surface area contributed by atoms with Crippen LogP contribution in [0.5, 0.6) is 0 Å². The normalized spacial score (nSPS) is 19.2. The number of piperidine rings is 1. The van der Waals surface area contributed by atoms with Gasteiger partial charge < -0.3 is 15.5 Å². The van der Waals surface area contributed by atoms with E-state index in [2.05, 4.69) is 39.3 Å². The highest BCUT2D eigenvalue weighted by atomic mass is 32.2. The van der Waals surface area contributed by atoms with Crippen molar-refractivity contribution in [2.45, 2.75) is 37.5 Å². The fourth-order valence-corrected chi connectivity index (χ4v) is 4.20. The highest BCUT2D eigenvalue weighted by Crippen LogP contribution is 2.28. The summed E-state index contributed by atoms with van der Waals surface area (Å²) in [6.45, 7) is 7.73. The van der Waals surface area contributed by atoms with Crippen molar-refractivity contribution in [1.29, 1.82) is 0 Å². The molecule has 1 saturated heterocycles. The Morgan fingerprint density at radius 1 is 1.40 bits per heavy atom. The van der Waals surface area contributed by atoms with Crippen molar-refractivity contribution >= 4 is 15.8 Å². The van der Waals surface area contributed by atoms with Crippen LogP contribution in [0.1, 0.15) is 38.3 Å². The topological polar surface area (TPSA) is 87.2 Å². The standard InChI is InChI=1S/C17H31N5O2S/c1-17(2,12-22(3)4)11-20-16-19-10-14(25(5,23)24)15(21-16)13-7-6-8-18-9-13/h10,13,18H,6-9,11-12H2,1-5H3,(H,19,20,21)/t13-/m1/s1. The van der Waals surface area contributed by atoms with Gasteiger partial charge in [-0.1, -0.05) is 13.8 Å². The third-order valence-electron chi connectivity index (χ3n) is 4.34. The van der Waals surface area contributed by atoms with Gasteiger partial charge in [-0.05, 0) is 38.9 Å². The number of nitrogens with zero attached hydrogens (tertiary/aromatic N) is 3. The molecule has 0 unspecified atom stereocenters. The Hall–Kier alpha value is -1.25. The van der Waals surface area contributed by atoms with Crippen LogP contribution in [0.25, 0.3) is 0 Å². The number of rotatable bonds is 7. The first kappa shape index (κ1) is 20.1. The zero-order valence-corrected chi connectivity index (χ0v) is 16.8. The van der Waals surface area contributed by atoms with E-state index in [1.165, 1.54) is 12.5 Å². The van der Waals surface area contributed by atoms with Gasteiger partial charge in [-0.3, -0.25) is 0 Å². The zero-order valence-electron chi connectivity index (χ0n) is 16.0. The van der Waals surface area contributed by atoms with E-state index < -0.39 is 9.84 Å². The number of sulfone groups is 1. The molecule has 0 amide bonds. The van der Waals surface area contributed by atoms with Crippen LogP contribution in [0.2, 0.25) is 0 Å². The fraction of sp³-hybridized carbons (Fsp3) is 0.765. The molecule has 142 valence electrons. The van der Waals surface area contributed by atoms with Gasteiger partial charge in [-0.25, -0.2) is 18.4 Å². The number of nitrogens with one attached hydrogen (secondary N) is 2. The highest BCUT2D eigenvalue weighted by molar-refractivity contribution is 7.90. The van der Waals surface area contributed by atoms with E-state index in [1.807, 2.05) is 14.1 Å². The maximum atomic E-state index is 12.1. The van der Waals surface area contributed by atoms with Crippen LogP contribution in [0.4, 0.5) is 5.95 Å². The lowest BCUT2D eigenvalue weighted by Crippen LogP contribution is -2.35. The minimum Gasteiger partial charge on any atom is -0.354 e. The van der Waals surface area contributed by atoms with Gasteiger partial charge in [0, 0.05) is 31.8 Å². The van der Waals surface area contributed by atoms with Crippen molar-refractivity contribution in [3.05, 3.63) is 11.9 Å². The number of anilines is 1. The summed E-state index contributed by atoms with van der Waals surface area (Å²) in [6.07, 6.45) is 4.64. The first-order valence-corrected chi connectivity index (χ1v) is 10.6. The quantitative estimate of drug-likeness (QED) is 0.750. The molecular formula is C17H31N5O2S. The second-order valence-electron chi connectivity index (χ2n) is 8.01. The Bertz CT molecular complexity index is 682. The molecule has 0 aliphatic carbocycles. The van der Waals surface area contributed by atoms with E-state index in [9.17, 15) is 8.42 Å². The van der Waals surface area contributed by atoms with Crippen molar-refractivity contribution in [1.82, 2.24) is 20.2 Å². The smallest absolute Gasteiger partial charge is 0.222 e. The first-order chi connectivity index (χ1) is 11.6. The van der Waals surface area contributed by atoms with Gasteiger partial charge >= 0.3 is 0 Å². The van der Waals surface area contributed by atoms with E-state index in [0.29, 0.717) is 18.2 Å². The van der Waals surface area contributed by atoms with Crippen LogP contribution in [0, 0.1) is 5.41 Å². The average Bonchev–Trinajstić information content (AvgIpc) is 2.51. The predicted molar refractivity (Wildman–Crippen MR) is 101 cm³/mol. The molecule has 1 aromatic heterocycles. The van der Waals surface area contributed by atoms with Crippen LogP contribution < -0.4 is 10.6 Å². The maximum Gasteiger partial charge on any atom is 0.222 e. The van der Waals surface area contributed by atoms with Gasteiger partial charge in [0.1, 0.15) is 4.90 Å². The molecule has 1 aliphatic rings. The predicted octanol–water partition coefficient (Wildman–Crippen LogP) is 1.35. The summed E-state index contributed by atoms with van der Waals surface area (Å²) in [7, 11) is 0.752. The molecule has 2 heterocycles. The Morgan fingerprint density at radius 3 is 2.68 bits per heavy atom. The van der Waals surface area contributed by atoms with Gasteiger partial charge in [0.2, 0.25) is 5.95 Å². The summed E-state index contributed by atoms with van der Waals surface area (Å²) in [4.78, 5) is 11.2. The van der Waals surface area contributed by atoms with E-state index in [-0.39, 0.29) is 16.2 Å². The second kappa shape index (κ2) is 7.97. The lowest BCUT2D eigenvalue weighted by atomic mass is 9.93. The van der Waals surface area contributed by atoms with E-state index in [1.54, 1.807) is 0 Å². The number of aromatic nitrogens is 2. The Morgan fingerprint density at radius 2 is 2.12 bits per heavy atom. The molecule has 0 aromatic carbocycles. The van der Waals surface area contributed by atoms with E-state index in [4.69, 9.17) is 0 Å². The molecule has 25 heavy (non-hydrogen) atoms. The van der Waals surface area contributed by atoms with Crippen LogP contribution >= 0.6 is 0 Å². The summed E-state index contributed by atoms with van der Waals surface area (Å²) in [5.41, 5.74) is 0.687. The van der Waals surface area contributed by atoms with Crippen molar-refractivity contribution in [3.8, 4) is 0 Å². The summed E-state index contributed by atoms with van der Waals surface area (Å²) < 4.78 is 24.2. The molecule has 7 nitrogen and oxygen atoms in total. The lowest BCUT2D eigenvalue weighted by molar-refractivity contribution is 0.254. The van der Waals surface area contributed by atoms with Gasteiger partial charge in [0.15, 0.2) is 9.84 Å². The molecule has 0 radical (unpaired) electrons. The highest BCUT2D eigenvalue weighted by Gasteiger charge is 2.26. The molecule has 1 aromatic rings. The molecule has 2 N–H and O–H groups in total. The largest absolute Gasteiger partial charge is 0.354 e. The monoisotopic (exact) mass is 369 g/mol. The van der Waals surface area contributed by atoms with Crippen molar-refractivity contribution in [2.75, 3.05) is 51.8 Å². The minimum atomic E-state index is -3.35. The maximum absolute atomic E-state index is 12.1. The summed E-state index contributed by atoms with van der Waals surface area (Å²) in [5.74, 6) is 0.608. The molecule has 1 atom stereocenters. The molecule has 0 spiro atoms. The van der Waals surface area contributed by atoms with Crippen molar-refractivity contribution < 1.29 is 8.42 Å². The first-order valence-electron chi connectivity index (χ1n) is 8.75. The number of hydrogen-bond donors (Lipinski definition) is 2. The molecular weight excluding hydrogens is 338 g/mol. The van der Waals surface area contributed by atoms with Gasteiger partial charge in [-0.15, -0.1) is 0 Å². The SMILES string of the molecule is CN(C)CC(C)(C)CNc1ncc(S(C)(=O)=O)c([C@@H]2CCCNC2)n1. The minimum absolute atomic E-state index is 0.0505. The van der Waals surface area contributed by atoms with Crippen LogP contribution in [0.3, 0.4) is 0 Å². The number of hydrogen-bond acceptors (Lipinski definition) is 7. The summed E-state index contributed by atoms with van der Waals surface area (Å²) in [5, 5.41) is 6.61.